The fourth-order valence-electron chi connectivity index (χ4n) is 2.13. The van der Waals surface area contributed by atoms with E-state index < -0.39 is 5.82 Å². The molecule has 0 aliphatic heterocycles. The molecule has 1 aromatic heterocycles. The van der Waals surface area contributed by atoms with Crippen molar-refractivity contribution in [3.63, 3.8) is 0 Å². The molecule has 24 heavy (non-hydrogen) atoms. The minimum atomic E-state index is -0.498. The molecule has 118 valence electrons. The maximum absolute atomic E-state index is 13.7. The van der Waals surface area contributed by atoms with Crippen molar-refractivity contribution in [1.82, 2.24) is 4.98 Å². The first-order valence-electron chi connectivity index (χ1n) is 6.80. The molecule has 0 aliphatic rings. The summed E-state index contributed by atoms with van der Waals surface area (Å²) in [6.07, 6.45) is 0. The predicted octanol–water partition coefficient (Wildman–Crippen LogP) is 4.36. The lowest BCUT2D eigenvalue weighted by Gasteiger charge is -2.02. The average Bonchev–Trinajstić information content (AvgIpc) is 2.91. The molecule has 0 saturated carbocycles. The van der Waals surface area contributed by atoms with Gasteiger partial charge in [0.15, 0.2) is 5.69 Å². The number of para-hydroxylation sites is 1. The molecular formula is C16H10FN5OS. The molecule has 3 aromatic rings. The zero-order valence-electron chi connectivity index (χ0n) is 12.1. The van der Waals surface area contributed by atoms with Crippen molar-refractivity contribution < 1.29 is 9.50 Å². The average molecular weight is 339 g/mol. The zero-order chi connectivity index (χ0) is 17.1. The highest BCUT2D eigenvalue weighted by molar-refractivity contribution is 7.80. The lowest BCUT2D eigenvalue weighted by atomic mass is 10.2. The highest BCUT2D eigenvalue weighted by Gasteiger charge is 2.13. The van der Waals surface area contributed by atoms with E-state index in [0.717, 1.165) is 0 Å². The van der Waals surface area contributed by atoms with Gasteiger partial charge in [-0.3, -0.25) is 0 Å². The van der Waals surface area contributed by atoms with Gasteiger partial charge in [0.1, 0.15) is 5.82 Å². The van der Waals surface area contributed by atoms with Crippen LogP contribution in [0.1, 0.15) is 5.56 Å². The second kappa shape index (κ2) is 6.44. The summed E-state index contributed by atoms with van der Waals surface area (Å²) in [5, 5.41) is 29.6. The summed E-state index contributed by atoms with van der Waals surface area (Å²) >= 11 is 5.06. The largest absolute Gasteiger partial charge is 0.493 e. The summed E-state index contributed by atoms with van der Waals surface area (Å²) in [6, 6.07) is 13.0. The van der Waals surface area contributed by atoms with Gasteiger partial charge < -0.3 is 15.4 Å². The van der Waals surface area contributed by atoms with Gasteiger partial charge in [0, 0.05) is 11.1 Å². The van der Waals surface area contributed by atoms with Gasteiger partial charge in [0.05, 0.1) is 17.1 Å². The summed E-state index contributed by atoms with van der Waals surface area (Å²) < 4.78 is 13.7. The number of aromatic amines is 1. The van der Waals surface area contributed by atoms with Crippen molar-refractivity contribution in [3.8, 4) is 11.9 Å². The maximum atomic E-state index is 13.7. The second-order valence-corrected chi connectivity index (χ2v) is 5.19. The van der Waals surface area contributed by atoms with Gasteiger partial charge in [-0.1, -0.05) is 12.1 Å². The van der Waals surface area contributed by atoms with E-state index in [4.69, 9.17) is 17.5 Å². The number of hydrogen-bond donors (Lipinski definition) is 3. The van der Waals surface area contributed by atoms with E-state index in [1.165, 1.54) is 12.1 Å². The molecule has 0 aliphatic carbocycles. The maximum Gasteiger partial charge on any atom is 0.218 e. The Bertz CT molecular complexity index is 988. The van der Waals surface area contributed by atoms with E-state index in [-0.39, 0.29) is 22.2 Å². The third-order valence-corrected chi connectivity index (χ3v) is 3.43. The number of hydrogen-bond acceptors (Lipinski definition) is 4. The molecule has 0 atom stereocenters. The third-order valence-electron chi connectivity index (χ3n) is 3.24. The van der Waals surface area contributed by atoms with Gasteiger partial charge in [-0.25, -0.2) is 4.39 Å². The standard InChI is InChI=1S/C16H10FN5OS/c17-12-3-1-2-11-13(12)20-15(23)14(11)21-22-16(24)19-10-6-4-9(8-18)5-7-10/h1-7,20,23H,(H,19,24). The van der Waals surface area contributed by atoms with Crippen molar-refractivity contribution in [2.75, 3.05) is 5.32 Å². The first-order valence-corrected chi connectivity index (χ1v) is 7.21. The van der Waals surface area contributed by atoms with Gasteiger partial charge in [-0.05, 0) is 42.5 Å². The fraction of sp³-hybridized carbons (Fsp3) is 0. The van der Waals surface area contributed by atoms with E-state index in [2.05, 4.69) is 20.5 Å². The number of nitrogens with zero attached hydrogens (tertiary/aromatic N) is 3. The first-order chi connectivity index (χ1) is 11.6. The van der Waals surface area contributed by atoms with Crippen molar-refractivity contribution in [3.05, 3.63) is 53.8 Å². The fourth-order valence-corrected chi connectivity index (χ4v) is 2.29. The summed E-state index contributed by atoms with van der Waals surface area (Å²) in [5.74, 6) is -0.789. The lowest BCUT2D eigenvalue weighted by Crippen LogP contribution is -2.04. The Kier molecular flexibility index (Phi) is 4.18. The smallest absolute Gasteiger partial charge is 0.218 e. The van der Waals surface area contributed by atoms with Crippen LogP contribution in [-0.4, -0.2) is 15.2 Å². The van der Waals surface area contributed by atoms with E-state index in [9.17, 15) is 9.50 Å². The zero-order valence-corrected chi connectivity index (χ0v) is 12.9. The predicted molar refractivity (Wildman–Crippen MR) is 91.8 cm³/mol. The van der Waals surface area contributed by atoms with Crippen LogP contribution in [-0.2, 0) is 0 Å². The number of anilines is 1. The van der Waals surface area contributed by atoms with Crippen molar-refractivity contribution in [1.29, 1.82) is 5.26 Å². The molecule has 3 rings (SSSR count). The van der Waals surface area contributed by atoms with Crippen LogP contribution in [0.2, 0.25) is 0 Å². The second-order valence-electron chi connectivity index (χ2n) is 4.80. The quantitative estimate of drug-likeness (QED) is 0.477. The Morgan fingerprint density at radius 1 is 1.25 bits per heavy atom. The molecule has 0 unspecified atom stereocenters. The SMILES string of the molecule is N#Cc1ccc(NC(=S)N=Nc2c(O)[nH]c3c(F)cccc23)cc1. The molecule has 1 heterocycles. The number of benzene rings is 2. The van der Waals surface area contributed by atoms with Crippen LogP contribution in [0.5, 0.6) is 5.88 Å². The normalized spacial score (nSPS) is 10.8. The number of nitriles is 1. The van der Waals surface area contributed by atoms with Crippen LogP contribution >= 0.6 is 12.2 Å². The van der Waals surface area contributed by atoms with Crippen LogP contribution < -0.4 is 5.32 Å². The van der Waals surface area contributed by atoms with E-state index in [1.54, 1.807) is 30.3 Å². The van der Waals surface area contributed by atoms with Crippen molar-refractivity contribution in [2.24, 2.45) is 10.2 Å². The summed E-state index contributed by atoms with van der Waals surface area (Å²) in [7, 11) is 0. The number of nitrogens with one attached hydrogen (secondary N) is 2. The molecule has 8 heteroatoms. The molecule has 2 aromatic carbocycles. The molecule has 0 amide bonds. The number of fused-ring (bicyclic) bond motifs is 1. The minimum Gasteiger partial charge on any atom is -0.493 e. The topological polar surface area (TPSA) is 96.6 Å². The number of halogens is 1. The molecule has 0 radical (unpaired) electrons. The monoisotopic (exact) mass is 339 g/mol. The molecule has 0 spiro atoms. The molecule has 6 nitrogen and oxygen atoms in total. The molecule has 3 N–H and O–H groups in total. The highest BCUT2D eigenvalue weighted by atomic mass is 32.1. The number of thiocarbonyl (C=S) groups is 1. The van der Waals surface area contributed by atoms with E-state index in [0.29, 0.717) is 16.6 Å². The minimum absolute atomic E-state index is 0.0601. The number of aromatic hydroxyl groups is 1. The van der Waals surface area contributed by atoms with E-state index >= 15 is 0 Å². The Balaban J connectivity index is 1.80. The third kappa shape index (κ3) is 3.06. The number of rotatable bonds is 2. The number of azo groups is 1. The molecule has 0 saturated heterocycles. The molecule has 0 bridgehead atoms. The van der Waals surface area contributed by atoms with Gasteiger partial charge in [-0.2, -0.15) is 5.26 Å². The van der Waals surface area contributed by atoms with Crippen LogP contribution in [0.25, 0.3) is 10.9 Å². The summed E-state index contributed by atoms with van der Waals surface area (Å²) in [4.78, 5) is 2.51. The van der Waals surface area contributed by atoms with Gasteiger partial charge >= 0.3 is 0 Å². The summed E-state index contributed by atoms with van der Waals surface area (Å²) in [6.45, 7) is 0. The van der Waals surface area contributed by atoms with Crippen LogP contribution in [0.4, 0.5) is 15.8 Å². The van der Waals surface area contributed by atoms with Crippen LogP contribution in [0.15, 0.2) is 52.7 Å². The lowest BCUT2D eigenvalue weighted by molar-refractivity contribution is 0.459. The Morgan fingerprint density at radius 2 is 2.00 bits per heavy atom. The van der Waals surface area contributed by atoms with Crippen LogP contribution in [0.3, 0.4) is 0 Å². The van der Waals surface area contributed by atoms with E-state index in [1.807, 2.05) is 6.07 Å². The molecular weight excluding hydrogens is 329 g/mol. The molecule has 0 fully saturated rings. The Morgan fingerprint density at radius 3 is 2.71 bits per heavy atom. The first kappa shape index (κ1) is 15.6. The number of H-pyrrole nitrogens is 1. The van der Waals surface area contributed by atoms with Crippen LogP contribution in [0, 0.1) is 17.1 Å². The highest BCUT2D eigenvalue weighted by Crippen LogP contribution is 2.36. The Labute approximate surface area is 141 Å². The van der Waals surface area contributed by atoms with Crippen molar-refractivity contribution >= 4 is 39.6 Å². The Hall–Kier alpha value is -3.31. The van der Waals surface area contributed by atoms with Gasteiger partial charge in [-0.15, -0.1) is 10.2 Å². The number of aromatic nitrogens is 1. The van der Waals surface area contributed by atoms with Gasteiger partial charge in [0.2, 0.25) is 11.0 Å². The van der Waals surface area contributed by atoms with Crippen molar-refractivity contribution in [2.45, 2.75) is 0 Å². The van der Waals surface area contributed by atoms with Gasteiger partial charge in [0.25, 0.3) is 0 Å². The summed E-state index contributed by atoms with van der Waals surface area (Å²) in [5.41, 5.74) is 1.43.